The maximum atomic E-state index is 1.33. The second kappa shape index (κ2) is 2.29. The number of hydrogen-bond acceptors (Lipinski definition) is 0. The van der Waals surface area contributed by atoms with Crippen molar-refractivity contribution in [3.63, 3.8) is 0 Å². The summed E-state index contributed by atoms with van der Waals surface area (Å²) >= 11 is 0. The molecule has 0 saturated carbocycles. The van der Waals surface area contributed by atoms with Crippen LogP contribution in [0.1, 0.15) is 0 Å². The Morgan fingerprint density at radius 3 is 1.80 bits per heavy atom. The van der Waals surface area contributed by atoms with E-state index in [0.29, 0.717) is 0 Å². The van der Waals surface area contributed by atoms with Crippen LogP contribution >= 0.6 is 0 Å². The fourth-order valence-electron chi connectivity index (χ4n) is 0.722. The standard InChI is InChI=1S/H9Si5/c1-2-4-5-3-1/h1H,2-5H2. The zero-order valence-electron chi connectivity index (χ0n) is 3.41. The maximum absolute atomic E-state index is 1.33. The van der Waals surface area contributed by atoms with Gasteiger partial charge in [0, 0.05) is 0 Å². The molecule has 1 rings (SSSR count). The van der Waals surface area contributed by atoms with Crippen LogP contribution in [0.15, 0.2) is 0 Å². The largest absolute Gasteiger partial charge is 0.00930 e. The molecule has 1 fully saturated rings. The Bertz CT molecular complexity index is 11.6. The monoisotopic (exact) mass is 149 g/mol. The highest BCUT2D eigenvalue weighted by atomic mass is 30.1. The minimum atomic E-state index is 0.889. The van der Waals surface area contributed by atoms with Gasteiger partial charge in [0.05, 0.1) is 0 Å². The van der Waals surface area contributed by atoms with Gasteiger partial charge < -0.3 is 0 Å². The molecule has 0 bridgehead atoms. The third kappa shape index (κ3) is 1.31. The zero-order chi connectivity index (χ0) is 3.54. The second-order valence-electron chi connectivity index (χ2n) is 1.57. The van der Waals surface area contributed by atoms with Crippen molar-refractivity contribution in [1.29, 1.82) is 0 Å². The van der Waals surface area contributed by atoms with Crippen molar-refractivity contribution in [1.82, 2.24) is 0 Å². The number of hydrogen-bond donors (Lipinski definition) is 0. The van der Waals surface area contributed by atoms with Crippen LogP contribution in [0.4, 0.5) is 0 Å². The summed E-state index contributed by atoms with van der Waals surface area (Å²) < 4.78 is 0. The van der Waals surface area contributed by atoms with Crippen molar-refractivity contribution in [2.45, 2.75) is 0 Å². The molecule has 1 aliphatic heterocycles. The molecule has 1 heterocycles. The molecule has 0 aromatic carbocycles. The van der Waals surface area contributed by atoms with E-state index in [2.05, 4.69) is 0 Å². The average molecular weight is 150 g/mol. The predicted molar refractivity (Wildman–Crippen MR) is 41.3 cm³/mol. The molecule has 0 aromatic rings. The SMILES string of the molecule is [SiH]1[SiH2][SiH2][SiH2][SiH2]1. The summed E-state index contributed by atoms with van der Waals surface area (Å²) in [5, 5.41) is 0. The normalized spacial score (nSPS) is 43.2. The molecule has 0 N–H and O–H groups in total. The molecule has 29 valence electrons. The summed E-state index contributed by atoms with van der Waals surface area (Å²) in [7, 11) is 4.94. The summed E-state index contributed by atoms with van der Waals surface area (Å²) in [5.41, 5.74) is 0. The Morgan fingerprint density at radius 1 is 1.00 bits per heavy atom. The van der Waals surface area contributed by atoms with Crippen molar-refractivity contribution >= 4 is 42.8 Å². The topological polar surface area (TPSA) is 0 Å². The van der Waals surface area contributed by atoms with Gasteiger partial charge in [-0.3, -0.25) is 0 Å². The van der Waals surface area contributed by atoms with E-state index in [1.807, 2.05) is 0 Å². The first kappa shape index (κ1) is 4.25. The van der Waals surface area contributed by atoms with Gasteiger partial charge in [0.25, 0.3) is 0 Å². The Kier molecular flexibility index (Phi) is 1.95. The zero-order valence-corrected chi connectivity index (χ0v) is 10.2. The molecule has 0 aliphatic carbocycles. The van der Waals surface area contributed by atoms with Crippen LogP contribution in [0.5, 0.6) is 0 Å². The summed E-state index contributed by atoms with van der Waals surface area (Å²) in [6.45, 7) is 0. The maximum Gasteiger partial charge on any atom is -0.00647 e. The van der Waals surface area contributed by atoms with Crippen molar-refractivity contribution in [3.8, 4) is 0 Å². The van der Waals surface area contributed by atoms with Gasteiger partial charge in [-0.2, -0.15) is 0 Å². The van der Waals surface area contributed by atoms with E-state index in [0.717, 1.165) is 34.2 Å². The summed E-state index contributed by atoms with van der Waals surface area (Å²) in [4.78, 5) is 0. The van der Waals surface area contributed by atoms with E-state index >= 15 is 0 Å². The molecule has 1 saturated heterocycles. The summed E-state index contributed by atoms with van der Waals surface area (Å²) in [5.74, 6) is 0. The van der Waals surface area contributed by atoms with E-state index in [4.69, 9.17) is 0 Å². The highest BCUT2D eigenvalue weighted by Crippen LogP contribution is 1.62. The van der Waals surface area contributed by atoms with Crippen LogP contribution in [0, 0.1) is 0 Å². The molecule has 0 spiro atoms. The molecule has 0 nitrogen and oxygen atoms in total. The van der Waals surface area contributed by atoms with Crippen LogP contribution < -0.4 is 0 Å². The quantitative estimate of drug-likeness (QED) is 0.306. The third-order valence-corrected chi connectivity index (χ3v) is 86.4. The highest BCUT2D eigenvalue weighted by Gasteiger charge is 1.99. The Labute approximate surface area is 43.2 Å². The van der Waals surface area contributed by atoms with Gasteiger partial charge in [-0.1, -0.05) is 0 Å². The van der Waals surface area contributed by atoms with Gasteiger partial charge in [-0.15, -0.1) is 0 Å². The minimum Gasteiger partial charge on any atom is -0.00930 e. The highest BCUT2D eigenvalue weighted by molar-refractivity contribution is 7.76. The summed E-state index contributed by atoms with van der Waals surface area (Å²) in [6.07, 6.45) is 0. The van der Waals surface area contributed by atoms with Crippen molar-refractivity contribution in [2.75, 3.05) is 0 Å². The third-order valence-electron chi connectivity index (χ3n) is 1.07. The van der Waals surface area contributed by atoms with E-state index in [9.17, 15) is 0 Å². The lowest BCUT2D eigenvalue weighted by Gasteiger charge is -1.63. The van der Waals surface area contributed by atoms with Gasteiger partial charge in [0.15, 0.2) is 0 Å². The molecule has 0 amide bonds. The van der Waals surface area contributed by atoms with Crippen LogP contribution in [0.25, 0.3) is 0 Å². The van der Waals surface area contributed by atoms with E-state index in [1.54, 1.807) is 0 Å². The lowest BCUT2D eigenvalue weighted by molar-refractivity contribution is 4.14. The van der Waals surface area contributed by atoms with Gasteiger partial charge in [0.2, 0.25) is 0 Å². The molecule has 1 radical (unpaired) electrons. The smallest absolute Gasteiger partial charge is 0.00647 e. The predicted octanol–water partition coefficient (Wildman–Crippen LogP) is -4.31. The molecular formula is H9Si5. The first-order valence-electron chi connectivity index (χ1n) is 2.32. The van der Waals surface area contributed by atoms with Crippen LogP contribution in [-0.2, 0) is 0 Å². The minimum absolute atomic E-state index is 0.889. The number of rotatable bonds is 0. The molecule has 0 unspecified atom stereocenters. The molecule has 0 atom stereocenters. The Morgan fingerprint density at radius 2 is 1.60 bits per heavy atom. The van der Waals surface area contributed by atoms with Crippen LogP contribution in [0.2, 0.25) is 0 Å². The molecule has 1 aliphatic rings. The lowest BCUT2D eigenvalue weighted by Crippen LogP contribution is -2.00. The molecule has 5 heavy (non-hydrogen) atoms. The van der Waals surface area contributed by atoms with Crippen molar-refractivity contribution in [3.05, 3.63) is 0 Å². The lowest BCUT2D eigenvalue weighted by atomic mass is 26.5. The van der Waals surface area contributed by atoms with E-state index in [-0.39, 0.29) is 0 Å². The van der Waals surface area contributed by atoms with Crippen molar-refractivity contribution < 1.29 is 0 Å². The fraction of sp³-hybridized carbons (Fsp3) is 0. The second-order valence-corrected chi connectivity index (χ2v) is 42.5. The van der Waals surface area contributed by atoms with Crippen LogP contribution in [0.3, 0.4) is 0 Å². The van der Waals surface area contributed by atoms with Gasteiger partial charge in [0.1, 0.15) is 0 Å². The van der Waals surface area contributed by atoms with E-state index in [1.165, 1.54) is 8.55 Å². The Hall–Kier alpha value is 1.08. The van der Waals surface area contributed by atoms with E-state index < -0.39 is 0 Å². The van der Waals surface area contributed by atoms with Crippen molar-refractivity contribution in [2.24, 2.45) is 0 Å². The molecular weight excluding hydrogens is 140 g/mol. The summed E-state index contributed by atoms with van der Waals surface area (Å²) in [6, 6.07) is 0. The molecule has 0 aromatic heterocycles. The average Bonchev–Trinajstić information content (AvgIpc) is 1.76. The van der Waals surface area contributed by atoms with Gasteiger partial charge in [-0.05, 0) is 42.8 Å². The fourth-order valence-corrected chi connectivity index (χ4v) is 175. The Balaban J connectivity index is 2.08. The molecule has 5 heteroatoms. The first-order chi connectivity index (χ1) is 2.50. The van der Waals surface area contributed by atoms with Gasteiger partial charge in [-0.25, -0.2) is 0 Å². The van der Waals surface area contributed by atoms with Crippen LogP contribution in [-0.4, -0.2) is 42.8 Å². The first-order valence-corrected chi connectivity index (χ1v) is 20.8. The van der Waals surface area contributed by atoms with Gasteiger partial charge >= 0.3 is 0 Å².